The molecule has 7 heavy (non-hydrogen) atoms. The summed E-state index contributed by atoms with van der Waals surface area (Å²) < 4.78 is 27.5. The zero-order valence-electron chi connectivity index (χ0n) is 4.67. The molecule has 0 aromatic rings. The van der Waals surface area contributed by atoms with Gasteiger partial charge < -0.3 is 0 Å². The predicted octanol–water partition coefficient (Wildman–Crippen LogP) is -8.29. The summed E-state index contributed by atoms with van der Waals surface area (Å²) in [5.41, 5.74) is 0.693. The van der Waals surface area contributed by atoms with Crippen LogP contribution in [0, 0.1) is 0 Å². The van der Waals surface area contributed by atoms with Crippen LogP contribution in [0.4, 0.5) is 0 Å². The minimum atomic E-state index is -4.62. The van der Waals surface area contributed by atoms with Crippen LogP contribution < -0.4 is 111 Å². The summed E-state index contributed by atoms with van der Waals surface area (Å²) in [5, 5.41) is 0. The number of hydrogen-bond acceptors (Lipinski definition) is 3. The molecular formula is CH3AsK2O3. The average Bonchev–Trinajstić information content (AvgIpc) is 0.722. The Morgan fingerprint density at radius 1 is 1.29 bits per heavy atom. The fraction of sp³-hybridized carbons (Fsp3) is 1.00. The Hall–Kier alpha value is 3.55. The van der Waals surface area contributed by atoms with Crippen LogP contribution in [-0.4, -0.2) is 14.2 Å². The molecule has 0 N–H and O–H groups in total. The van der Waals surface area contributed by atoms with Crippen molar-refractivity contribution in [3.63, 3.8) is 0 Å². The van der Waals surface area contributed by atoms with Gasteiger partial charge in [-0.05, 0) is 0 Å². The fourth-order valence-corrected chi connectivity index (χ4v) is 0. The molecule has 0 aliphatic carbocycles. The normalized spacial score (nSPS) is 8.43. The molecule has 0 saturated heterocycles. The van der Waals surface area contributed by atoms with Gasteiger partial charge in [0.25, 0.3) is 0 Å². The smallest absolute Gasteiger partial charge is 1.00 e. The van der Waals surface area contributed by atoms with Crippen LogP contribution in [0.3, 0.4) is 0 Å². The van der Waals surface area contributed by atoms with Crippen LogP contribution in [0.2, 0.25) is 5.71 Å². The first-order valence-corrected chi connectivity index (χ1v) is 5.17. The Labute approximate surface area is 130 Å². The summed E-state index contributed by atoms with van der Waals surface area (Å²) in [6.45, 7) is 0. The SMILES string of the molecule is C[As](=O)([O-])[O-].[K+].[K+]. The van der Waals surface area contributed by atoms with Crippen LogP contribution in [0.1, 0.15) is 0 Å². The van der Waals surface area contributed by atoms with Crippen molar-refractivity contribution in [2.75, 3.05) is 0 Å². The number of rotatable bonds is 0. The second-order valence-corrected chi connectivity index (χ2v) is 4.01. The first-order chi connectivity index (χ1) is 2.00. The molecule has 3 nitrogen and oxygen atoms in total. The standard InChI is InChI=1S/CH5AsO3.2K/c1-2(3,4)5;;/h1H3,(H2,3,4,5);;/q;2*+1/p-2. The molecule has 0 aromatic heterocycles. The monoisotopic (exact) mass is 216 g/mol. The molecule has 0 aliphatic rings. The molecule has 0 saturated carbocycles. The third kappa shape index (κ3) is 43.2. The van der Waals surface area contributed by atoms with Crippen LogP contribution >= 0.6 is 0 Å². The molecule has 0 unspecified atom stereocenters. The van der Waals surface area contributed by atoms with Crippen LogP contribution in [0.15, 0.2) is 0 Å². The summed E-state index contributed by atoms with van der Waals surface area (Å²) in [6.07, 6.45) is 0. The van der Waals surface area contributed by atoms with Crippen molar-refractivity contribution >= 4 is 14.2 Å². The van der Waals surface area contributed by atoms with Gasteiger partial charge >= 0.3 is 135 Å². The topological polar surface area (TPSA) is 63.2 Å². The van der Waals surface area contributed by atoms with E-state index in [1.165, 1.54) is 0 Å². The molecule has 0 spiro atoms. The molecule has 0 aromatic carbocycles. The summed E-state index contributed by atoms with van der Waals surface area (Å²) >= 11 is -4.62. The molecule has 0 bridgehead atoms. The summed E-state index contributed by atoms with van der Waals surface area (Å²) in [4.78, 5) is 0. The van der Waals surface area contributed by atoms with Crippen LogP contribution in [-0.2, 0) is 3.74 Å². The van der Waals surface area contributed by atoms with Gasteiger partial charge in [0.15, 0.2) is 0 Å². The molecule has 0 fully saturated rings. The van der Waals surface area contributed by atoms with Gasteiger partial charge in [-0.2, -0.15) is 0 Å². The van der Waals surface area contributed by atoms with Gasteiger partial charge in [-0.3, -0.25) is 0 Å². The molecule has 6 heteroatoms. The van der Waals surface area contributed by atoms with E-state index < -0.39 is 14.2 Å². The zero-order chi connectivity index (χ0) is 4.50. The minimum absolute atomic E-state index is 0. The van der Waals surface area contributed by atoms with Gasteiger partial charge in [0.2, 0.25) is 0 Å². The number of hydrogen-bond donors (Lipinski definition) is 0. The van der Waals surface area contributed by atoms with Gasteiger partial charge in [-0.1, -0.05) is 0 Å². The third-order valence-corrected chi connectivity index (χ3v) is 0. The Morgan fingerprint density at radius 3 is 1.29 bits per heavy atom. The van der Waals surface area contributed by atoms with E-state index in [2.05, 4.69) is 0 Å². The van der Waals surface area contributed by atoms with Gasteiger partial charge in [0, 0.05) is 0 Å². The molecule has 0 rings (SSSR count). The maximum atomic E-state index is 9.16. The van der Waals surface area contributed by atoms with E-state index in [9.17, 15) is 0 Å². The fourth-order valence-electron chi connectivity index (χ4n) is 0. The summed E-state index contributed by atoms with van der Waals surface area (Å²) in [5.74, 6) is 0. The van der Waals surface area contributed by atoms with Gasteiger partial charge in [0.1, 0.15) is 0 Å². The van der Waals surface area contributed by atoms with Crippen molar-refractivity contribution in [1.82, 2.24) is 0 Å². The molecule has 32 valence electrons. The van der Waals surface area contributed by atoms with E-state index in [1.54, 1.807) is 0 Å². The maximum Gasteiger partial charge on any atom is 1.00 e. The van der Waals surface area contributed by atoms with Gasteiger partial charge in [0.05, 0.1) is 0 Å². The Balaban J connectivity index is -0.0000000800. The molecule has 0 aliphatic heterocycles. The van der Waals surface area contributed by atoms with E-state index in [4.69, 9.17) is 11.9 Å². The second-order valence-electron chi connectivity index (χ2n) is 0.771. The summed E-state index contributed by atoms with van der Waals surface area (Å²) in [7, 11) is 0. The van der Waals surface area contributed by atoms with Gasteiger partial charge in [-0.25, -0.2) is 0 Å². The van der Waals surface area contributed by atoms with Crippen LogP contribution in [0.5, 0.6) is 0 Å². The Morgan fingerprint density at radius 2 is 1.29 bits per heavy atom. The molecule has 0 amide bonds. The van der Waals surface area contributed by atoms with Crippen molar-refractivity contribution < 1.29 is 115 Å². The van der Waals surface area contributed by atoms with E-state index in [-0.39, 0.29) is 103 Å². The van der Waals surface area contributed by atoms with Crippen molar-refractivity contribution in [3.05, 3.63) is 0 Å². The Kier molecular flexibility index (Phi) is 18.5. The quantitative estimate of drug-likeness (QED) is 0.378. The zero-order valence-corrected chi connectivity index (χ0v) is 12.8. The van der Waals surface area contributed by atoms with Crippen LogP contribution in [0.25, 0.3) is 0 Å². The van der Waals surface area contributed by atoms with Gasteiger partial charge in [-0.15, -0.1) is 0 Å². The second kappa shape index (κ2) is 7.66. The maximum absolute atomic E-state index is 9.16. The molecule has 0 heterocycles. The third-order valence-electron chi connectivity index (χ3n) is 0. The first-order valence-electron chi connectivity index (χ1n) is 0.995. The van der Waals surface area contributed by atoms with Crippen molar-refractivity contribution in [1.29, 1.82) is 0 Å². The molecular weight excluding hydrogens is 213 g/mol. The molecule has 0 atom stereocenters. The Bertz CT molecular complexity index is 59.1. The van der Waals surface area contributed by atoms with Crippen molar-refractivity contribution in [2.24, 2.45) is 0 Å². The van der Waals surface area contributed by atoms with Crippen molar-refractivity contribution in [2.45, 2.75) is 5.71 Å². The summed E-state index contributed by atoms with van der Waals surface area (Å²) in [6, 6.07) is 0. The van der Waals surface area contributed by atoms with E-state index in [0.717, 1.165) is 0 Å². The predicted molar refractivity (Wildman–Crippen MR) is 12.3 cm³/mol. The first kappa shape index (κ1) is 16.9. The molecule has 0 radical (unpaired) electrons. The van der Waals surface area contributed by atoms with E-state index >= 15 is 0 Å². The largest absolute Gasteiger partial charge is 1.00 e. The average molecular weight is 216 g/mol. The van der Waals surface area contributed by atoms with Crippen molar-refractivity contribution in [3.8, 4) is 0 Å². The van der Waals surface area contributed by atoms with E-state index in [0.29, 0.717) is 5.71 Å². The van der Waals surface area contributed by atoms with E-state index in [1.807, 2.05) is 0 Å². The minimum Gasteiger partial charge on any atom is 1.00 e.